The molecular formula is C15H17N3OS2. The Morgan fingerprint density at radius 2 is 2.05 bits per heavy atom. The maximum absolute atomic E-state index is 12.2. The molecule has 0 bridgehead atoms. The number of rotatable bonds is 3. The molecule has 0 spiro atoms. The van der Waals surface area contributed by atoms with Crippen LogP contribution in [0.25, 0.3) is 6.08 Å². The third-order valence-corrected chi connectivity index (χ3v) is 5.38. The van der Waals surface area contributed by atoms with Gasteiger partial charge in [0.1, 0.15) is 0 Å². The molecule has 2 aromatic rings. The SMILES string of the molecule is Cc1ccsc1C=CC(=O)N1CCN(c2nccs2)CC1. The van der Waals surface area contributed by atoms with Crippen LogP contribution in [0, 0.1) is 6.92 Å². The Balaban J connectivity index is 1.56. The second kappa shape index (κ2) is 6.41. The van der Waals surface area contributed by atoms with E-state index in [-0.39, 0.29) is 5.91 Å². The second-order valence-electron chi connectivity index (χ2n) is 4.93. The van der Waals surface area contributed by atoms with Crippen molar-refractivity contribution in [3.8, 4) is 0 Å². The highest BCUT2D eigenvalue weighted by Gasteiger charge is 2.20. The Morgan fingerprint density at radius 1 is 1.24 bits per heavy atom. The highest BCUT2D eigenvalue weighted by atomic mass is 32.1. The van der Waals surface area contributed by atoms with E-state index in [0.29, 0.717) is 0 Å². The molecule has 2 aromatic heterocycles. The number of thiazole rings is 1. The molecule has 0 unspecified atom stereocenters. The maximum Gasteiger partial charge on any atom is 0.246 e. The minimum atomic E-state index is 0.0987. The summed E-state index contributed by atoms with van der Waals surface area (Å²) in [4.78, 5) is 21.8. The van der Waals surface area contributed by atoms with Crippen LogP contribution >= 0.6 is 22.7 Å². The topological polar surface area (TPSA) is 36.4 Å². The average Bonchev–Trinajstić information content (AvgIpc) is 3.17. The number of aryl methyl sites for hydroxylation is 1. The van der Waals surface area contributed by atoms with Gasteiger partial charge in [0.25, 0.3) is 0 Å². The van der Waals surface area contributed by atoms with Crippen molar-refractivity contribution in [2.24, 2.45) is 0 Å². The van der Waals surface area contributed by atoms with Gasteiger partial charge in [0, 0.05) is 48.7 Å². The zero-order valence-corrected chi connectivity index (χ0v) is 13.5. The van der Waals surface area contributed by atoms with E-state index >= 15 is 0 Å². The van der Waals surface area contributed by atoms with Gasteiger partial charge in [-0.15, -0.1) is 22.7 Å². The molecule has 0 N–H and O–H groups in total. The van der Waals surface area contributed by atoms with Crippen LogP contribution in [0.15, 0.2) is 29.1 Å². The van der Waals surface area contributed by atoms with Crippen molar-refractivity contribution in [2.45, 2.75) is 6.92 Å². The summed E-state index contributed by atoms with van der Waals surface area (Å²) in [6.45, 7) is 5.28. The van der Waals surface area contributed by atoms with Crippen molar-refractivity contribution in [2.75, 3.05) is 31.1 Å². The van der Waals surface area contributed by atoms with E-state index in [1.54, 1.807) is 28.7 Å². The lowest BCUT2D eigenvalue weighted by Crippen LogP contribution is -2.48. The molecule has 110 valence electrons. The van der Waals surface area contributed by atoms with Crippen LogP contribution in [0.4, 0.5) is 5.13 Å². The Labute approximate surface area is 132 Å². The van der Waals surface area contributed by atoms with Gasteiger partial charge < -0.3 is 9.80 Å². The van der Waals surface area contributed by atoms with E-state index in [9.17, 15) is 4.79 Å². The summed E-state index contributed by atoms with van der Waals surface area (Å²) in [6.07, 6.45) is 5.44. The van der Waals surface area contributed by atoms with Crippen molar-refractivity contribution < 1.29 is 4.79 Å². The molecule has 4 nitrogen and oxygen atoms in total. The third-order valence-electron chi connectivity index (χ3n) is 3.56. The summed E-state index contributed by atoms with van der Waals surface area (Å²) < 4.78 is 0. The first-order valence-corrected chi connectivity index (χ1v) is 8.65. The van der Waals surface area contributed by atoms with E-state index in [0.717, 1.165) is 36.2 Å². The highest BCUT2D eigenvalue weighted by Crippen LogP contribution is 2.20. The Bertz CT molecular complexity index is 625. The summed E-state index contributed by atoms with van der Waals surface area (Å²) in [6, 6.07) is 2.07. The maximum atomic E-state index is 12.2. The molecule has 21 heavy (non-hydrogen) atoms. The molecular weight excluding hydrogens is 302 g/mol. The van der Waals surface area contributed by atoms with Crippen molar-refractivity contribution in [3.63, 3.8) is 0 Å². The van der Waals surface area contributed by atoms with Crippen LogP contribution in [-0.4, -0.2) is 42.0 Å². The zero-order valence-electron chi connectivity index (χ0n) is 11.9. The van der Waals surface area contributed by atoms with E-state index in [1.165, 1.54) is 5.56 Å². The lowest BCUT2D eigenvalue weighted by molar-refractivity contribution is -0.126. The number of aromatic nitrogens is 1. The van der Waals surface area contributed by atoms with Crippen molar-refractivity contribution >= 4 is 39.8 Å². The summed E-state index contributed by atoms with van der Waals surface area (Å²) in [7, 11) is 0. The van der Waals surface area contributed by atoms with Gasteiger partial charge >= 0.3 is 0 Å². The summed E-state index contributed by atoms with van der Waals surface area (Å²) in [5.74, 6) is 0.0987. The molecule has 0 aromatic carbocycles. The number of anilines is 1. The van der Waals surface area contributed by atoms with E-state index in [1.807, 2.05) is 27.9 Å². The van der Waals surface area contributed by atoms with Crippen LogP contribution in [-0.2, 0) is 4.79 Å². The van der Waals surface area contributed by atoms with Gasteiger partial charge in [-0.1, -0.05) is 0 Å². The standard InChI is InChI=1S/C15H17N3OS2/c1-12-4-10-20-13(12)2-3-14(19)17-6-8-18(9-7-17)15-16-5-11-21-15/h2-5,10-11H,6-9H2,1H3. The van der Waals surface area contributed by atoms with Gasteiger partial charge in [-0.2, -0.15) is 0 Å². The minimum absolute atomic E-state index is 0.0987. The van der Waals surface area contributed by atoms with Crippen LogP contribution < -0.4 is 4.90 Å². The first-order chi connectivity index (χ1) is 10.2. The minimum Gasteiger partial charge on any atom is -0.345 e. The third kappa shape index (κ3) is 3.33. The molecule has 1 fully saturated rings. The molecule has 3 heterocycles. The highest BCUT2D eigenvalue weighted by molar-refractivity contribution is 7.13. The van der Waals surface area contributed by atoms with Crippen LogP contribution in [0.2, 0.25) is 0 Å². The Hall–Kier alpha value is -1.66. The average molecular weight is 319 g/mol. The normalized spacial score (nSPS) is 15.9. The number of carbonyl (C=O) groups excluding carboxylic acids is 1. The molecule has 6 heteroatoms. The zero-order chi connectivity index (χ0) is 14.7. The van der Waals surface area contributed by atoms with Crippen LogP contribution in [0.3, 0.4) is 0 Å². The second-order valence-corrected chi connectivity index (χ2v) is 6.75. The van der Waals surface area contributed by atoms with E-state index in [2.05, 4.69) is 22.9 Å². The Morgan fingerprint density at radius 3 is 2.67 bits per heavy atom. The number of amides is 1. The molecule has 1 amide bonds. The van der Waals surface area contributed by atoms with Crippen molar-refractivity contribution in [1.82, 2.24) is 9.88 Å². The molecule has 0 atom stereocenters. The molecule has 1 aliphatic rings. The first kappa shape index (κ1) is 14.3. The molecule has 0 aliphatic carbocycles. The summed E-state index contributed by atoms with van der Waals surface area (Å²) in [5, 5.41) is 5.08. The van der Waals surface area contributed by atoms with Crippen LogP contribution in [0.5, 0.6) is 0 Å². The lowest BCUT2D eigenvalue weighted by Gasteiger charge is -2.34. The fourth-order valence-electron chi connectivity index (χ4n) is 2.30. The molecule has 1 saturated heterocycles. The predicted octanol–water partition coefficient (Wildman–Crippen LogP) is 2.88. The Kier molecular flexibility index (Phi) is 4.36. The monoisotopic (exact) mass is 319 g/mol. The number of hydrogen-bond donors (Lipinski definition) is 0. The number of piperazine rings is 1. The van der Waals surface area contributed by atoms with Gasteiger partial charge in [0.05, 0.1) is 0 Å². The van der Waals surface area contributed by atoms with Gasteiger partial charge in [0.2, 0.25) is 5.91 Å². The van der Waals surface area contributed by atoms with Crippen LogP contribution in [0.1, 0.15) is 10.4 Å². The van der Waals surface area contributed by atoms with Gasteiger partial charge in [-0.05, 0) is 30.0 Å². The summed E-state index contributed by atoms with van der Waals surface area (Å²) in [5.41, 5.74) is 1.22. The fraction of sp³-hybridized carbons (Fsp3) is 0.333. The van der Waals surface area contributed by atoms with Crippen molar-refractivity contribution in [1.29, 1.82) is 0 Å². The van der Waals surface area contributed by atoms with Crippen molar-refractivity contribution in [3.05, 3.63) is 39.5 Å². The van der Waals surface area contributed by atoms with E-state index in [4.69, 9.17) is 0 Å². The summed E-state index contributed by atoms with van der Waals surface area (Å²) >= 11 is 3.31. The smallest absolute Gasteiger partial charge is 0.246 e. The molecule has 3 rings (SSSR count). The first-order valence-electron chi connectivity index (χ1n) is 6.89. The lowest BCUT2D eigenvalue weighted by atomic mass is 10.2. The number of hydrogen-bond acceptors (Lipinski definition) is 5. The van der Waals surface area contributed by atoms with Gasteiger partial charge in [-0.25, -0.2) is 4.98 Å². The quantitative estimate of drug-likeness (QED) is 0.816. The molecule has 0 saturated carbocycles. The number of carbonyl (C=O) groups is 1. The fourth-order valence-corrected chi connectivity index (χ4v) is 3.81. The predicted molar refractivity (Wildman–Crippen MR) is 89.0 cm³/mol. The largest absolute Gasteiger partial charge is 0.345 e. The van der Waals surface area contributed by atoms with E-state index < -0.39 is 0 Å². The number of nitrogens with zero attached hydrogens (tertiary/aromatic N) is 3. The van der Waals surface area contributed by atoms with Gasteiger partial charge in [-0.3, -0.25) is 4.79 Å². The molecule has 0 radical (unpaired) electrons. The van der Waals surface area contributed by atoms with Gasteiger partial charge in [0.15, 0.2) is 5.13 Å². The molecule has 1 aliphatic heterocycles. The number of thiophene rings is 1.